The van der Waals surface area contributed by atoms with E-state index in [0.29, 0.717) is 19.4 Å². The van der Waals surface area contributed by atoms with Gasteiger partial charge in [-0.25, -0.2) is 0 Å². The van der Waals surface area contributed by atoms with Crippen molar-refractivity contribution in [1.29, 1.82) is 0 Å². The van der Waals surface area contributed by atoms with Crippen molar-refractivity contribution in [3.05, 3.63) is 22.4 Å². The van der Waals surface area contributed by atoms with Crippen molar-refractivity contribution in [1.82, 2.24) is 5.32 Å². The summed E-state index contributed by atoms with van der Waals surface area (Å²) < 4.78 is 0. The van der Waals surface area contributed by atoms with Gasteiger partial charge in [-0.1, -0.05) is 13.0 Å². The van der Waals surface area contributed by atoms with E-state index in [-0.39, 0.29) is 5.91 Å². The largest absolute Gasteiger partial charge is 0.481 e. The number of hydrogen-bond acceptors (Lipinski definition) is 3. The fraction of sp³-hybridized carbons (Fsp3) is 0.500. The molecule has 4 nitrogen and oxygen atoms in total. The molecular formula is C12H17NO3S. The quantitative estimate of drug-likeness (QED) is 0.782. The first-order valence-electron chi connectivity index (χ1n) is 5.61. The van der Waals surface area contributed by atoms with Gasteiger partial charge in [0.2, 0.25) is 5.91 Å². The molecule has 1 rings (SSSR count). The van der Waals surface area contributed by atoms with Crippen LogP contribution < -0.4 is 5.32 Å². The molecule has 0 saturated heterocycles. The molecule has 0 spiro atoms. The van der Waals surface area contributed by atoms with E-state index in [2.05, 4.69) is 5.32 Å². The minimum Gasteiger partial charge on any atom is -0.481 e. The average molecular weight is 255 g/mol. The smallest absolute Gasteiger partial charge is 0.306 e. The fourth-order valence-electron chi connectivity index (χ4n) is 1.33. The monoisotopic (exact) mass is 255 g/mol. The highest BCUT2D eigenvalue weighted by Gasteiger charge is 2.10. The summed E-state index contributed by atoms with van der Waals surface area (Å²) in [6, 6.07) is 3.97. The van der Waals surface area contributed by atoms with Gasteiger partial charge in [0, 0.05) is 17.8 Å². The molecule has 94 valence electrons. The Morgan fingerprint density at radius 2 is 2.29 bits per heavy atom. The van der Waals surface area contributed by atoms with Crippen LogP contribution in [0.15, 0.2) is 17.5 Å². The Bertz CT molecular complexity index is 362. The SMILES string of the molecule is CC(CCNC(=O)CCc1cccs1)C(=O)O. The van der Waals surface area contributed by atoms with E-state index in [1.54, 1.807) is 18.3 Å². The molecule has 17 heavy (non-hydrogen) atoms. The molecule has 0 aliphatic carbocycles. The molecule has 1 amide bonds. The third-order valence-electron chi connectivity index (χ3n) is 2.50. The van der Waals surface area contributed by atoms with Gasteiger partial charge >= 0.3 is 5.97 Å². The van der Waals surface area contributed by atoms with Gasteiger partial charge in [0.25, 0.3) is 0 Å². The van der Waals surface area contributed by atoms with Crippen molar-refractivity contribution in [3.63, 3.8) is 0 Å². The molecule has 0 radical (unpaired) electrons. The van der Waals surface area contributed by atoms with Crippen molar-refractivity contribution in [2.75, 3.05) is 6.54 Å². The van der Waals surface area contributed by atoms with E-state index in [9.17, 15) is 9.59 Å². The van der Waals surface area contributed by atoms with Crippen LogP contribution in [0.2, 0.25) is 0 Å². The molecule has 1 aromatic heterocycles. The van der Waals surface area contributed by atoms with Crippen LogP contribution in [0, 0.1) is 5.92 Å². The number of carbonyl (C=O) groups is 2. The number of aliphatic carboxylic acids is 1. The van der Waals surface area contributed by atoms with E-state index in [4.69, 9.17) is 5.11 Å². The van der Waals surface area contributed by atoms with Crippen LogP contribution in [-0.4, -0.2) is 23.5 Å². The van der Waals surface area contributed by atoms with Gasteiger partial charge in [-0.3, -0.25) is 9.59 Å². The molecule has 0 aromatic carbocycles. The summed E-state index contributed by atoms with van der Waals surface area (Å²) in [5, 5.41) is 13.4. The standard InChI is InChI=1S/C12H17NO3S/c1-9(12(15)16)6-7-13-11(14)5-4-10-3-2-8-17-10/h2-3,8-9H,4-7H2,1H3,(H,13,14)(H,15,16). The molecular weight excluding hydrogens is 238 g/mol. The minimum atomic E-state index is -0.821. The van der Waals surface area contributed by atoms with Crippen LogP contribution in [0.4, 0.5) is 0 Å². The highest BCUT2D eigenvalue weighted by Crippen LogP contribution is 2.10. The van der Waals surface area contributed by atoms with Crippen molar-refractivity contribution >= 4 is 23.2 Å². The second kappa shape index (κ2) is 7.06. The molecule has 0 saturated carbocycles. The topological polar surface area (TPSA) is 66.4 Å². The lowest BCUT2D eigenvalue weighted by Crippen LogP contribution is -2.27. The van der Waals surface area contributed by atoms with Gasteiger partial charge in [0.15, 0.2) is 0 Å². The van der Waals surface area contributed by atoms with E-state index in [1.807, 2.05) is 17.5 Å². The van der Waals surface area contributed by atoms with Crippen molar-refractivity contribution in [2.24, 2.45) is 5.92 Å². The summed E-state index contributed by atoms with van der Waals surface area (Å²) >= 11 is 1.64. The molecule has 0 fully saturated rings. The van der Waals surface area contributed by atoms with Crippen LogP contribution in [0.3, 0.4) is 0 Å². The number of nitrogens with one attached hydrogen (secondary N) is 1. The lowest BCUT2D eigenvalue weighted by atomic mass is 10.1. The zero-order valence-corrected chi connectivity index (χ0v) is 10.6. The molecule has 5 heteroatoms. The number of thiophene rings is 1. The Morgan fingerprint density at radius 1 is 1.53 bits per heavy atom. The van der Waals surface area contributed by atoms with Gasteiger partial charge in [0.1, 0.15) is 0 Å². The Hall–Kier alpha value is -1.36. The third-order valence-corrected chi connectivity index (χ3v) is 3.44. The maximum absolute atomic E-state index is 11.4. The highest BCUT2D eigenvalue weighted by molar-refractivity contribution is 7.09. The third kappa shape index (κ3) is 5.49. The molecule has 2 N–H and O–H groups in total. The first-order chi connectivity index (χ1) is 8.09. The summed E-state index contributed by atoms with van der Waals surface area (Å²) in [7, 11) is 0. The van der Waals surface area contributed by atoms with Gasteiger partial charge in [-0.05, 0) is 24.3 Å². The summed E-state index contributed by atoms with van der Waals surface area (Å²) in [5.41, 5.74) is 0. The molecule has 1 heterocycles. The maximum atomic E-state index is 11.4. The fourth-order valence-corrected chi connectivity index (χ4v) is 2.04. The molecule has 0 aliphatic rings. The van der Waals surface area contributed by atoms with Crippen molar-refractivity contribution < 1.29 is 14.7 Å². The number of rotatable bonds is 7. The normalized spacial score (nSPS) is 12.1. The van der Waals surface area contributed by atoms with Crippen molar-refractivity contribution in [2.45, 2.75) is 26.2 Å². The van der Waals surface area contributed by atoms with Crippen LogP contribution in [0.5, 0.6) is 0 Å². The summed E-state index contributed by atoms with van der Waals surface area (Å²) in [5.74, 6) is -1.25. The maximum Gasteiger partial charge on any atom is 0.306 e. The first-order valence-corrected chi connectivity index (χ1v) is 6.49. The minimum absolute atomic E-state index is 0.0176. The van der Waals surface area contributed by atoms with Crippen LogP contribution in [0.25, 0.3) is 0 Å². The Labute approximate surface area is 105 Å². The molecule has 1 aromatic rings. The first kappa shape index (κ1) is 13.7. The number of carbonyl (C=O) groups excluding carboxylic acids is 1. The van der Waals surface area contributed by atoms with Gasteiger partial charge in [-0.15, -0.1) is 11.3 Å². The second-order valence-electron chi connectivity index (χ2n) is 3.96. The molecule has 0 bridgehead atoms. The van der Waals surface area contributed by atoms with E-state index >= 15 is 0 Å². The predicted molar refractivity (Wildman–Crippen MR) is 67.1 cm³/mol. The zero-order valence-electron chi connectivity index (χ0n) is 9.81. The van der Waals surface area contributed by atoms with Crippen LogP contribution >= 0.6 is 11.3 Å². The number of carboxylic acids is 1. The second-order valence-corrected chi connectivity index (χ2v) is 4.99. The summed E-state index contributed by atoms with van der Waals surface area (Å²) in [4.78, 5) is 23.2. The van der Waals surface area contributed by atoms with Crippen molar-refractivity contribution in [3.8, 4) is 0 Å². The van der Waals surface area contributed by atoms with Crippen LogP contribution in [-0.2, 0) is 16.0 Å². The van der Waals surface area contributed by atoms with E-state index < -0.39 is 11.9 Å². The molecule has 1 unspecified atom stereocenters. The Kier molecular flexibility index (Phi) is 5.69. The number of carboxylic acid groups (broad SMARTS) is 1. The van der Waals surface area contributed by atoms with Gasteiger partial charge in [0.05, 0.1) is 5.92 Å². The summed E-state index contributed by atoms with van der Waals surface area (Å²) in [6.45, 7) is 2.07. The number of aryl methyl sites for hydroxylation is 1. The van der Waals surface area contributed by atoms with E-state index in [1.165, 1.54) is 4.88 Å². The Morgan fingerprint density at radius 3 is 2.88 bits per heavy atom. The van der Waals surface area contributed by atoms with Crippen LogP contribution in [0.1, 0.15) is 24.6 Å². The Balaban J connectivity index is 2.11. The van der Waals surface area contributed by atoms with E-state index in [0.717, 1.165) is 6.42 Å². The van der Waals surface area contributed by atoms with Gasteiger partial charge in [-0.2, -0.15) is 0 Å². The lowest BCUT2D eigenvalue weighted by Gasteiger charge is -2.07. The number of hydrogen-bond donors (Lipinski definition) is 2. The molecule has 0 aliphatic heterocycles. The van der Waals surface area contributed by atoms with Gasteiger partial charge < -0.3 is 10.4 Å². The number of amides is 1. The molecule has 1 atom stereocenters. The highest BCUT2D eigenvalue weighted by atomic mass is 32.1. The predicted octanol–water partition coefficient (Wildman–Crippen LogP) is 1.91. The zero-order chi connectivity index (χ0) is 12.7. The average Bonchev–Trinajstić information content (AvgIpc) is 2.78. The summed E-state index contributed by atoms with van der Waals surface area (Å²) in [6.07, 6.45) is 1.68. The lowest BCUT2D eigenvalue weighted by molar-refractivity contribution is -0.141.